The topological polar surface area (TPSA) is 40.7 Å². The summed E-state index contributed by atoms with van der Waals surface area (Å²) < 4.78 is 0. The number of rotatable bonds is 4. The summed E-state index contributed by atoms with van der Waals surface area (Å²) in [5.74, 6) is 0. The van der Waals surface area contributed by atoms with Gasteiger partial charge in [0, 0.05) is 11.4 Å². The third-order valence-electron chi connectivity index (χ3n) is 2.91. The summed E-state index contributed by atoms with van der Waals surface area (Å²) in [5, 5.41) is 4.13. The number of para-hydroxylation sites is 2. The predicted octanol–water partition coefficient (Wildman–Crippen LogP) is 3.43. The van der Waals surface area contributed by atoms with E-state index in [0.717, 1.165) is 22.7 Å². The van der Waals surface area contributed by atoms with Crippen LogP contribution in [0.5, 0.6) is 0 Å². The van der Waals surface area contributed by atoms with E-state index < -0.39 is 0 Å². The Labute approximate surface area is 116 Å². The van der Waals surface area contributed by atoms with Crippen molar-refractivity contribution in [2.45, 2.75) is 16.6 Å². The Morgan fingerprint density at radius 2 is 1.89 bits per heavy atom. The van der Waals surface area contributed by atoms with Gasteiger partial charge in [-0.1, -0.05) is 42.1 Å². The van der Waals surface area contributed by atoms with Gasteiger partial charge in [0.05, 0.1) is 11.0 Å². The summed E-state index contributed by atoms with van der Waals surface area (Å²) in [7, 11) is 1.96. The molecule has 0 atom stereocenters. The first-order valence-corrected chi connectivity index (χ1v) is 7.03. The number of imidazole rings is 1. The van der Waals surface area contributed by atoms with E-state index in [1.54, 1.807) is 11.8 Å². The fourth-order valence-corrected chi connectivity index (χ4v) is 2.95. The second-order valence-electron chi connectivity index (χ2n) is 4.30. The van der Waals surface area contributed by atoms with Crippen LogP contribution in [0.4, 0.5) is 0 Å². The van der Waals surface area contributed by atoms with Crippen molar-refractivity contribution in [1.29, 1.82) is 0 Å². The van der Waals surface area contributed by atoms with Gasteiger partial charge in [-0.15, -0.1) is 0 Å². The minimum absolute atomic E-state index is 0.864. The van der Waals surface area contributed by atoms with Crippen molar-refractivity contribution in [3.05, 3.63) is 54.1 Å². The quantitative estimate of drug-likeness (QED) is 0.762. The average Bonchev–Trinajstić information content (AvgIpc) is 2.83. The smallest absolute Gasteiger partial charge is 0.171 e. The predicted molar refractivity (Wildman–Crippen MR) is 79.4 cm³/mol. The van der Waals surface area contributed by atoms with E-state index >= 15 is 0 Å². The molecule has 4 heteroatoms. The van der Waals surface area contributed by atoms with Gasteiger partial charge in [-0.2, -0.15) is 0 Å². The van der Waals surface area contributed by atoms with Crippen LogP contribution >= 0.6 is 11.8 Å². The monoisotopic (exact) mass is 269 g/mol. The van der Waals surface area contributed by atoms with E-state index in [1.165, 1.54) is 10.5 Å². The Kier molecular flexibility index (Phi) is 3.53. The molecule has 0 bridgehead atoms. The van der Waals surface area contributed by atoms with Gasteiger partial charge in [0.1, 0.15) is 0 Å². The molecular weight excluding hydrogens is 254 g/mol. The number of benzene rings is 2. The molecular formula is C15H15N3S. The van der Waals surface area contributed by atoms with Crippen LogP contribution < -0.4 is 5.32 Å². The Hall–Kier alpha value is -1.78. The van der Waals surface area contributed by atoms with Crippen LogP contribution in [-0.2, 0) is 6.54 Å². The number of hydrogen-bond acceptors (Lipinski definition) is 3. The summed E-state index contributed by atoms with van der Waals surface area (Å²) in [5.41, 5.74) is 3.38. The SMILES string of the molecule is CNCc1ccccc1Sc1nc2ccccc2[nH]1. The molecule has 2 N–H and O–H groups in total. The highest BCUT2D eigenvalue weighted by Gasteiger charge is 2.07. The molecule has 1 aromatic heterocycles. The van der Waals surface area contributed by atoms with Crippen molar-refractivity contribution < 1.29 is 0 Å². The highest BCUT2D eigenvalue weighted by atomic mass is 32.2. The highest BCUT2D eigenvalue weighted by Crippen LogP contribution is 2.29. The summed E-state index contributed by atoms with van der Waals surface area (Å²) in [6.45, 7) is 0.864. The zero-order valence-corrected chi connectivity index (χ0v) is 11.5. The highest BCUT2D eigenvalue weighted by molar-refractivity contribution is 7.99. The number of fused-ring (bicyclic) bond motifs is 1. The Morgan fingerprint density at radius 1 is 1.11 bits per heavy atom. The maximum absolute atomic E-state index is 4.60. The Bertz CT molecular complexity index is 657. The van der Waals surface area contributed by atoms with Crippen LogP contribution in [-0.4, -0.2) is 17.0 Å². The fraction of sp³-hybridized carbons (Fsp3) is 0.133. The van der Waals surface area contributed by atoms with E-state index in [2.05, 4.69) is 39.6 Å². The zero-order chi connectivity index (χ0) is 13.1. The standard InChI is InChI=1S/C15H15N3S/c1-16-10-11-6-2-5-9-14(11)19-15-17-12-7-3-4-8-13(12)18-15/h2-9,16H,10H2,1H3,(H,17,18). The van der Waals surface area contributed by atoms with Gasteiger partial charge in [0.15, 0.2) is 5.16 Å². The first-order valence-electron chi connectivity index (χ1n) is 6.22. The lowest BCUT2D eigenvalue weighted by atomic mass is 10.2. The van der Waals surface area contributed by atoms with Gasteiger partial charge in [-0.05, 0) is 30.8 Å². The van der Waals surface area contributed by atoms with Gasteiger partial charge < -0.3 is 10.3 Å². The minimum atomic E-state index is 0.864. The first kappa shape index (κ1) is 12.3. The molecule has 3 nitrogen and oxygen atoms in total. The summed E-state index contributed by atoms with van der Waals surface area (Å²) in [6, 6.07) is 16.5. The molecule has 0 aliphatic heterocycles. The van der Waals surface area contributed by atoms with Crippen LogP contribution in [0.25, 0.3) is 11.0 Å². The van der Waals surface area contributed by atoms with Crippen molar-refractivity contribution in [3.63, 3.8) is 0 Å². The van der Waals surface area contributed by atoms with Crippen LogP contribution in [0.1, 0.15) is 5.56 Å². The number of aromatic nitrogens is 2. The van der Waals surface area contributed by atoms with Gasteiger partial charge in [-0.25, -0.2) is 4.98 Å². The zero-order valence-electron chi connectivity index (χ0n) is 10.7. The number of aromatic amines is 1. The summed E-state index contributed by atoms with van der Waals surface area (Å²) >= 11 is 1.67. The van der Waals surface area contributed by atoms with Gasteiger partial charge in [0.25, 0.3) is 0 Å². The van der Waals surface area contributed by atoms with Gasteiger partial charge in [-0.3, -0.25) is 0 Å². The lowest BCUT2D eigenvalue weighted by Gasteiger charge is -2.06. The Balaban J connectivity index is 1.92. The molecule has 96 valence electrons. The van der Waals surface area contributed by atoms with Gasteiger partial charge in [0.2, 0.25) is 0 Å². The van der Waals surface area contributed by atoms with Gasteiger partial charge >= 0.3 is 0 Å². The summed E-state index contributed by atoms with van der Waals surface area (Å²) in [4.78, 5) is 9.17. The maximum Gasteiger partial charge on any atom is 0.171 e. The molecule has 3 aromatic rings. The molecule has 0 aliphatic carbocycles. The molecule has 3 rings (SSSR count). The van der Waals surface area contributed by atoms with E-state index in [0.29, 0.717) is 0 Å². The van der Waals surface area contributed by atoms with Crippen molar-refractivity contribution in [2.24, 2.45) is 0 Å². The van der Waals surface area contributed by atoms with E-state index in [1.807, 2.05) is 31.3 Å². The first-order chi connectivity index (χ1) is 9.36. The minimum Gasteiger partial charge on any atom is -0.333 e. The molecule has 19 heavy (non-hydrogen) atoms. The third kappa shape index (κ3) is 2.64. The van der Waals surface area contributed by atoms with Crippen LogP contribution in [0.3, 0.4) is 0 Å². The van der Waals surface area contributed by atoms with Crippen molar-refractivity contribution >= 4 is 22.8 Å². The van der Waals surface area contributed by atoms with E-state index in [-0.39, 0.29) is 0 Å². The molecule has 2 aromatic carbocycles. The van der Waals surface area contributed by atoms with Crippen molar-refractivity contribution in [2.75, 3.05) is 7.05 Å². The second-order valence-corrected chi connectivity index (χ2v) is 5.33. The summed E-state index contributed by atoms with van der Waals surface area (Å²) in [6.07, 6.45) is 0. The molecule has 0 radical (unpaired) electrons. The lowest BCUT2D eigenvalue weighted by Crippen LogP contribution is -2.05. The molecule has 0 aliphatic rings. The molecule has 0 saturated carbocycles. The maximum atomic E-state index is 4.60. The van der Waals surface area contributed by atoms with E-state index in [4.69, 9.17) is 0 Å². The van der Waals surface area contributed by atoms with Crippen LogP contribution in [0.2, 0.25) is 0 Å². The fourth-order valence-electron chi connectivity index (χ4n) is 2.02. The molecule has 0 saturated heterocycles. The molecule has 1 heterocycles. The van der Waals surface area contributed by atoms with E-state index in [9.17, 15) is 0 Å². The number of H-pyrrole nitrogens is 1. The second kappa shape index (κ2) is 5.47. The number of hydrogen-bond donors (Lipinski definition) is 2. The molecule has 0 amide bonds. The van der Waals surface area contributed by atoms with Crippen molar-refractivity contribution in [3.8, 4) is 0 Å². The largest absolute Gasteiger partial charge is 0.333 e. The molecule has 0 unspecified atom stereocenters. The Morgan fingerprint density at radius 3 is 2.74 bits per heavy atom. The molecule has 0 spiro atoms. The third-order valence-corrected chi connectivity index (χ3v) is 3.92. The van der Waals surface area contributed by atoms with Crippen molar-refractivity contribution in [1.82, 2.24) is 15.3 Å². The molecule has 0 fully saturated rings. The van der Waals surface area contributed by atoms with Crippen LogP contribution in [0.15, 0.2) is 58.6 Å². The normalized spacial score (nSPS) is 11.0. The number of nitrogens with one attached hydrogen (secondary N) is 2. The van der Waals surface area contributed by atoms with Crippen LogP contribution in [0, 0.1) is 0 Å². The number of nitrogens with zero attached hydrogens (tertiary/aromatic N) is 1. The lowest BCUT2D eigenvalue weighted by molar-refractivity contribution is 0.803. The average molecular weight is 269 g/mol.